The van der Waals surface area contributed by atoms with Gasteiger partial charge < -0.3 is 29.6 Å². The molecule has 5 rings (SSSR count). The number of nitrogens with one attached hydrogen (secondary N) is 2. The number of hydrogen-bond donors (Lipinski definition) is 2. The van der Waals surface area contributed by atoms with Gasteiger partial charge in [-0.2, -0.15) is 0 Å². The molecule has 2 N–H and O–H groups in total. The molecule has 0 saturated carbocycles. The van der Waals surface area contributed by atoms with Gasteiger partial charge in [0.25, 0.3) is 11.8 Å². The molecule has 1 aromatic heterocycles. The summed E-state index contributed by atoms with van der Waals surface area (Å²) in [6, 6.07) is 10.5. The van der Waals surface area contributed by atoms with Crippen molar-refractivity contribution in [1.29, 1.82) is 0 Å². The summed E-state index contributed by atoms with van der Waals surface area (Å²) >= 11 is 6.06. The maximum atomic E-state index is 13.4. The normalized spacial score (nSPS) is 16.5. The number of benzene rings is 2. The van der Waals surface area contributed by atoms with Crippen molar-refractivity contribution in [2.75, 3.05) is 51.8 Å². The second kappa shape index (κ2) is 8.96. The Morgan fingerprint density at radius 2 is 1.82 bits per heavy atom. The summed E-state index contributed by atoms with van der Waals surface area (Å²) < 4.78 is 11.7. The first-order valence-electron chi connectivity index (χ1n) is 11.0. The number of halogens is 1. The summed E-state index contributed by atoms with van der Waals surface area (Å²) in [4.78, 5) is 33.5. The first kappa shape index (κ1) is 21.6. The predicted molar refractivity (Wildman–Crippen MR) is 127 cm³/mol. The van der Waals surface area contributed by atoms with Gasteiger partial charge in [-0.3, -0.25) is 9.59 Å². The van der Waals surface area contributed by atoms with E-state index in [0.29, 0.717) is 59.8 Å². The van der Waals surface area contributed by atoms with Gasteiger partial charge in [-0.15, -0.1) is 0 Å². The third-order valence-corrected chi connectivity index (χ3v) is 6.19. The molecule has 33 heavy (non-hydrogen) atoms. The lowest BCUT2D eigenvalue weighted by molar-refractivity contribution is 0.0659. The first-order valence-corrected chi connectivity index (χ1v) is 11.4. The summed E-state index contributed by atoms with van der Waals surface area (Å²) in [5.74, 6) is 0.455. The number of carbonyl (C=O) groups is 2. The molecule has 0 bridgehead atoms. The quantitative estimate of drug-likeness (QED) is 0.613. The molecule has 0 spiro atoms. The van der Waals surface area contributed by atoms with Gasteiger partial charge in [0.2, 0.25) is 0 Å². The van der Waals surface area contributed by atoms with Crippen LogP contribution in [0.4, 0.5) is 5.69 Å². The van der Waals surface area contributed by atoms with Crippen LogP contribution in [-0.2, 0) is 0 Å². The van der Waals surface area contributed by atoms with Crippen molar-refractivity contribution in [3.63, 3.8) is 0 Å². The van der Waals surface area contributed by atoms with E-state index in [1.165, 1.54) is 0 Å². The maximum Gasteiger partial charge on any atom is 0.272 e. The number of rotatable bonds is 3. The van der Waals surface area contributed by atoms with Crippen LogP contribution in [0, 0.1) is 0 Å². The highest BCUT2D eigenvalue weighted by atomic mass is 35.5. The number of carbonyl (C=O) groups excluding carboxylic acids is 2. The van der Waals surface area contributed by atoms with Crippen molar-refractivity contribution in [1.82, 2.24) is 14.8 Å². The summed E-state index contributed by atoms with van der Waals surface area (Å²) in [7, 11) is 2.04. The van der Waals surface area contributed by atoms with Gasteiger partial charge >= 0.3 is 0 Å². The molecule has 2 aromatic carbocycles. The standard InChI is InChI=1S/C24H25ClN4O4/c1-28-5-7-29(8-6-28)24(31)18-13-17(14-21-22(18)33-10-2-9-32-21)26-23(30)20-12-15-11-16(25)3-4-19(15)27-20/h3-4,11-14,27H,2,5-10H2,1H3,(H,26,30). The molecular weight excluding hydrogens is 444 g/mol. The van der Waals surface area contributed by atoms with Gasteiger partial charge in [0.05, 0.1) is 18.8 Å². The van der Waals surface area contributed by atoms with Gasteiger partial charge in [-0.1, -0.05) is 11.6 Å². The average molecular weight is 469 g/mol. The predicted octanol–water partition coefficient (Wildman–Crippen LogP) is 3.62. The molecule has 3 aromatic rings. The lowest BCUT2D eigenvalue weighted by Crippen LogP contribution is -2.47. The summed E-state index contributed by atoms with van der Waals surface area (Å²) in [6.45, 7) is 3.85. The SMILES string of the molecule is CN1CCN(C(=O)c2cc(NC(=O)c3cc4cc(Cl)ccc4[nH]3)cc3c2OCCCO3)CC1. The van der Waals surface area contributed by atoms with Crippen molar-refractivity contribution >= 4 is 40.0 Å². The number of H-pyrrole nitrogens is 1. The molecule has 0 atom stereocenters. The summed E-state index contributed by atoms with van der Waals surface area (Å²) in [6.07, 6.45) is 0.718. The zero-order valence-electron chi connectivity index (χ0n) is 18.3. The Balaban J connectivity index is 1.45. The third-order valence-electron chi connectivity index (χ3n) is 5.95. The van der Waals surface area contributed by atoms with E-state index < -0.39 is 0 Å². The second-order valence-corrected chi connectivity index (χ2v) is 8.80. The van der Waals surface area contributed by atoms with Crippen molar-refractivity contribution < 1.29 is 19.1 Å². The minimum Gasteiger partial charge on any atom is -0.489 e. The van der Waals surface area contributed by atoms with Crippen LogP contribution in [0.15, 0.2) is 36.4 Å². The number of aromatic amines is 1. The molecule has 0 radical (unpaired) electrons. The lowest BCUT2D eigenvalue weighted by atomic mass is 10.1. The summed E-state index contributed by atoms with van der Waals surface area (Å²) in [5, 5.41) is 4.34. The van der Waals surface area contributed by atoms with E-state index in [2.05, 4.69) is 15.2 Å². The highest BCUT2D eigenvalue weighted by molar-refractivity contribution is 6.31. The van der Waals surface area contributed by atoms with Crippen molar-refractivity contribution in [2.45, 2.75) is 6.42 Å². The first-order chi connectivity index (χ1) is 16.0. The van der Waals surface area contributed by atoms with E-state index in [0.717, 1.165) is 30.4 Å². The molecule has 9 heteroatoms. The Bertz CT molecular complexity index is 1220. The van der Waals surface area contributed by atoms with Crippen LogP contribution < -0.4 is 14.8 Å². The molecule has 2 aliphatic heterocycles. The average Bonchev–Trinajstić information content (AvgIpc) is 3.08. The molecule has 1 saturated heterocycles. The maximum absolute atomic E-state index is 13.4. The van der Waals surface area contributed by atoms with Gasteiger partial charge in [0.15, 0.2) is 11.5 Å². The second-order valence-electron chi connectivity index (χ2n) is 8.37. The van der Waals surface area contributed by atoms with E-state index in [1.54, 1.807) is 30.3 Å². The number of nitrogens with zero attached hydrogens (tertiary/aromatic N) is 2. The van der Waals surface area contributed by atoms with E-state index in [1.807, 2.05) is 18.0 Å². The Labute approximate surface area is 196 Å². The number of aromatic nitrogens is 1. The topological polar surface area (TPSA) is 86.9 Å². The fourth-order valence-electron chi connectivity index (χ4n) is 4.11. The van der Waals surface area contributed by atoms with E-state index in [-0.39, 0.29) is 11.8 Å². The minimum absolute atomic E-state index is 0.124. The summed E-state index contributed by atoms with van der Waals surface area (Å²) in [5.41, 5.74) is 2.08. The van der Waals surface area contributed by atoms with Crippen LogP contribution in [-0.4, -0.2) is 73.0 Å². The Hall–Kier alpha value is -3.23. The Morgan fingerprint density at radius 1 is 1.03 bits per heavy atom. The molecule has 0 aliphatic carbocycles. The number of anilines is 1. The number of fused-ring (bicyclic) bond motifs is 2. The van der Waals surface area contributed by atoms with E-state index in [9.17, 15) is 9.59 Å². The van der Waals surface area contributed by atoms with E-state index in [4.69, 9.17) is 21.1 Å². The smallest absolute Gasteiger partial charge is 0.272 e. The number of amides is 2. The molecule has 172 valence electrons. The van der Waals surface area contributed by atoms with Crippen LogP contribution in [0.1, 0.15) is 27.3 Å². The molecule has 2 aliphatic rings. The third kappa shape index (κ3) is 4.49. The number of ether oxygens (including phenoxy) is 2. The van der Waals surface area contributed by atoms with Crippen molar-refractivity contribution in [2.24, 2.45) is 0 Å². The molecule has 2 amide bonds. The zero-order chi connectivity index (χ0) is 22.9. The van der Waals surface area contributed by atoms with Crippen LogP contribution in [0.25, 0.3) is 10.9 Å². The Kier molecular flexibility index (Phi) is 5.86. The van der Waals surface area contributed by atoms with Gasteiger partial charge in [-0.25, -0.2) is 0 Å². The van der Waals surface area contributed by atoms with E-state index >= 15 is 0 Å². The molecule has 3 heterocycles. The van der Waals surface area contributed by atoms with Crippen LogP contribution in [0.5, 0.6) is 11.5 Å². The number of likely N-dealkylation sites (N-methyl/N-ethyl adjacent to an activating group) is 1. The lowest BCUT2D eigenvalue weighted by Gasteiger charge is -2.32. The number of piperazine rings is 1. The van der Waals surface area contributed by atoms with Gasteiger partial charge in [0, 0.05) is 60.3 Å². The van der Waals surface area contributed by atoms with Crippen molar-refractivity contribution in [3.05, 3.63) is 52.7 Å². The highest BCUT2D eigenvalue weighted by Gasteiger charge is 2.27. The van der Waals surface area contributed by atoms with Gasteiger partial charge in [-0.05, 0) is 37.4 Å². The van der Waals surface area contributed by atoms with Gasteiger partial charge in [0.1, 0.15) is 5.69 Å². The van der Waals surface area contributed by atoms with Crippen molar-refractivity contribution in [3.8, 4) is 11.5 Å². The fourth-order valence-corrected chi connectivity index (χ4v) is 4.29. The molecular formula is C24H25ClN4O4. The molecule has 1 fully saturated rings. The van der Waals surface area contributed by atoms with Crippen LogP contribution >= 0.6 is 11.6 Å². The zero-order valence-corrected chi connectivity index (χ0v) is 19.1. The highest BCUT2D eigenvalue weighted by Crippen LogP contribution is 2.37. The van der Waals surface area contributed by atoms with Crippen LogP contribution in [0.2, 0.25) is 5.02 Å². The molecule has 8 nitrogen and oxygen atoms in total. The molecule has 0 unspecified atom stereocenters. The van der Waals surface area contributed by atoms with Crippen LogP contribution in [0.3, 0.4) is 0 Å². The number of hydrogen-bond acceptors (Lipinski definition) is 5. The largest absolute Gasteiger partial charge is 0.489 e. The minimum atomic E-state index is -0.324. The Morgan fingerprint density at radius 3 is 2.64 bits per heavy atom. The fraction of sp³-hybridized carbons (Fsp3) is 0.333. The monoisotopic (exact) mass is 468 g/mol.